The average molecular weight is 452 g/mol. The van der Waals surface area contributed by atoms with Crippen molar-refractivity contribution in [3.05, 3.63) is 59.7 Å². The fourth-order valence-corrected chi connectivity index (χ4v) is 3.38. The van der Waals surface area contributed by atoms with E-state index in [1.165, 1.54) is 19.1 Å². The van der Waals surface area contributed by atoms with Crippen LogP contribution in [0.1, 0.15) is 50.5 Å². The molecule has 9 heteroatoms. The van der Waals surface area contributed by atoms with E-state index in [9.17, 15) is 19.5 Å². The number of carbonyl (C=O) groups excluding carboxylic acids is 2. The van der Waals surface area contributed by atoms with Gasteiger partial charge in [-0.15, -0.1) is 0 Å². The van der Waals surface area contributed by atoms with E-state index < -0.39 is 36.2 Å². The van der Waals surface area contributed by atoms with Gasteiger partial charge in [-0.2, -0.15) is 0 Å². The molecule has 0 radical (unpaired) electrons. The van der Waals surface area contributed by atoms with Crippen LogP contribution in [0.3, 0.4) is 0 Å². The molecule has 0 aliphatic carbocycles. The Bertz CT molecular complexity index is 1020. The third-order valence-electron chi connectivity index (χ3n) is 6.02. The Morgan fingerprint density at radius 2 is 1.48 bits per heavy atom. The molecule has 2 amide bonds. The summed E-state index contributed by atoms with van der Waals surface area (Å²) in [6.07, 6.45) is 0.120. The number of amides is 2. The van der Waals surface area contributed by atoms with E-state index in [0.717, 1.165) is 11.0 Å². The molecule has 1 aliphatic heterocycles. The standard InChI is InChI=1S/C24H29BN2O6/c1-15(28)26-19-12-8-17(9-13-19)21(29)27-20(22(30)31)14-16-6-10-18(11-7-16)25-32-23(2,3)24(4,5)33-25/h6-13,20H,14H2,1-5H3,(H,26,28)(H,27,29)(H,30,31)/t20-/m0/s1. The van der Waals surface area contributed by atoms with Crippen LogP contribution >= 0.6 is 0 Å². The number of aliphatic carboxylic acids is 1. The summed E-state index contributed by atoms with van der Waals surface area (Å²) >= 11 is 0. The number of carbonyl (C=O) groups is 3. The smallest absolute Gasteiger partial charge is 0.480 e. The molecule has 1 aliphatic rings. The lowest BCUT2D eigenvalue weighted by Gasteiger charge is -2.32. The molecule has 8 nitrogen and oxygen atoms in total. The fourth-order valence-electron chi connectivity index (χ4n) is 3.38. The minimum Gasteiger partial charge on any atom is -0.480 e. The van der Waals surface area contributed by atoms with E-state index >= 15 is 0 Å². The van der Waals surface area contributed by atoms with Crippen molar-refractivity contribution >= 4 is 36.1 Å². The molecule has 1 fully saturated rings. The molecule has 1 atom stereocenters. The van der Waals surface area contributed by atoms with Gasteiger partial charge >= 0.3 is 13.1 Å². The maximum atomic E-state index is 12.5. The van der Waals surface area contributed by atoms with Crippen LogP contribution in [-0.2, 0) is 25.3 Å². The summed E-state index contributed by atoms with van der Waals surface area (Å²) < 4.78 is 12.1. The van der Waals surface area contributed by atoms with Crippen LogP contribution in [0.5, 0.6) is 0 Å². The van der Waals surface area contributed by atoms with E-state index in [2.05, 4.69) is 10.6 Å². The van der Waals surface area contributed by atoms with Crippen LogP contribution in [0.4, 0.5) is 5.69 Å². The summed E-state index contributed by atoms with van der Waals surface area (Å²) in [5.41, 5.74) is 1.55. The summed E-state index contributed by atoms with van der Waals surface area (Å²) in [6, 6.07) is 12.4. The summed E-state index contributed by atoms with van der Waals surface area (Å²) in [5, 5.41) is 14.8. The topological polar surface area (TPSA) is 114 Å². The first-order chi connectivity index (χ1) is 15.4. The lowest BCUT2D eigenvalue weighted by molar-refractivity contribution is -0.139. The van der Waals surface area contributed by atoms with E-state index in [1.54, 1.807) is 12.1 Å². The van der Waals surface area contributed by atoms with Crippen molar-refractivity contribution in [1.82, 2.24) is 5.32 Å². The number of nitrogens with one attached hydrogen (secondary N) is 2. The Morgan fingerprint density at radius 3 is 1.97 bits per heavy atom. The van der Waals surface area contributed by atoms with Gasteiger partial charge in [0.1, 0.15) is 6.04 Å². The van der Waals surface area contributed by atoms with Crippen LogP contribution in [0.15, 0.2) is 48.5 Å². The maximum absolute atomic E-state index is 12.5. The Morgan fingerprint density at radius 1 is 0.939 bits per heavy atom. The highest BCUT2D eigenvalue weighted by atomic mass is 16.7. The first kappa shape index (κ1) is 24.5. The molecule has 33 heavy (non-hydrogen) atoms. The molecule has 0 spiro atoms. The summed E-state index contributed by atoms with van der Waals surface area (Å²) in [6.45, 7) is 9.31. The fraction of sp³-hybridized carbons (Fsp3) is 0.375. The highest BCUT2D eigenvalue weighted by Gasteiger charge is 2.51. The van der Waals surface area contributed by atoms with E-state index in [1.807, 2.05) is 52.0 Å². The van der Waals surface area contributed by atoms with Gasteiger partial charge in [0.05, 0.1) is 11.2 Å². The molecule has 3 rings (SSSR count). The van der Waals surface area contributed by atoms with Crippen LogP contribution in [0.25, 0.3) is 0 Å². The van der Waals surface area contributed by atoms with Crippen molar-refractivity contribution in [3.8, 4) is 0 Å². The van der Waals surface area contributed by atoms with Crippen molar-refractivity contribution < 1.29 is 28.8 Å². The number of hydrogen-bond donors (Lipinski definition) is 3. The molecule has 3 N–H and O–H groups in total. The number of carboxylic acids is 1. The molecule has 2 aromatic carbocycles. The Hall–Kier alpha value is -3.17. The van der Waals surface area contributed by atoms with Gasteiger partial charge in [0.15, 0.2) is 0 Å². The van der Waals surface area contributed by atoms with Crippen LogP contribution in [0, 0.1) is 0 Å². The van der Waals surface area contributed by atoms with E-state index in [4.69, 9.17) is 9.31 Å². The quantitative estimate of drug-likeness (QED) is 0.556. The molecule has 0 aromatic heterocycles. The number of carboxylic acid groups (broad SMARTS) is 1. The number of hydrogen-bond acceptors (Lipinski definition) is 5. The first-order valence-electron chi connectivity index (χ1n) is 10.7. The monoisotopic (exact) mass is 452 g/mol. The van der Waals surface area contributed by atoms with Gasteiger partial charge in [-0.3, -0.25) is 9.59 Å². The second-order valence-electron chi connectivity index (χ2n) is 9.16. The SMILES string of the molecule is CC(=O)Nc1ccc(C(=O)N[C@@H](Cc2ccc(B3OC(C)(C)C(C)(C)O3)cc2)C(=O)O)cc1. The zero-order valence-electron chi connectivity index (χ0n) is 19.5. The third kappa shape index (κ3) is 5.80. The van der Waals surface area contributed by atoms with Gasteiger partial charge in [-0.1, -0.05) is 24.3 Å². The van der Waals surface area contributed by atoms with Gasteiger partial charge in [0.25, 0.3) is 5.91 Å². The molecule has 174 valence electrons. The predicted octanol–water partition coefficient (Wildman–Crippen LogP) is 2.37. The van der Waals surface area contributed by atoms with Gasteiger partial charge in [0.2, 0.25) is 5.91 Å². The van der Waals surface area contributed by atoms with E-state index in [0.29, 0.717) is 11.3 Å². The summed E-state index contributed by atoms with van der Waals surface area (Å²) in [5.74, 6) is -1.86. The van der Waals surface area contributed by atoms with Crippen molar-refractivity contribution in [2.24, 2.45) is 0 Å². The van der Waals surface area contributed by atoms with Crippen LogP contribution in [0.2, 0.25) is 0 Å². The zero-order valence-corrected chi connectivity index (χ0v) is 19.5. The first-order valence-corrected chi connectivity index (χ1v) is 10.7. The van der Waals surface area contributed by atoms with E-state index in [-0.39, 0.29) is 12.3 Å². The third-order valence-corrected chi connectivity index (χ3v) is 6.02. The normalized spacial score (nSPS) is 17.3. The summed E-state index contributed by atoms with van der Waals surface area (Å²) in [4.78, 5) is 35.4. The lowest BCUT2D eigenvalue weighted by atomic mass is 9.78. The lowest BCUT2D eigenvalue weighted by Crippen LogP contribution is -2.42. The van der Waals surface area contributed by atoms with Crippen molar-refractivity contribution in [2.45, 2.75) is 58.3 Å². The van der Waals surface area contributed by atoms with Gasteiger partial charge in [-0.05, 0) is 63.0 Å². The molecular weight excluding hydrogens is 423 g/mol. The maximum Gasteiger partial charge on any atom is 0.494 e. The molecule has 0 saturated carbocycles. The van der Waals surface area contributed by atoms with Gasteiger partial charge < -0.3 is 25.0 Å². The van der Waals surface area contributed by atoms with Gasteiger partial charge in [0, 0.05) is 24.6 Å². The largest absolute Gasteiger partial charge is 0.494 e. The number of anilines is 1. The molecule has 1 heterocycles. The Labute approximate surface area is 193 Å². The second-order valence-corrected chi connectivity index (χ2v) is 9.16. The molecule has 2 aromatic rings. The minimum atomic E-state index is -1.13. The molecular formula is C24H29BN2O6. The van der Waals surface area contributed by atoms with Crippen molar-refractivity contribution in [3.63, 3.8) is 0 Å². The molecule has 0 unspecified atom stereocenters. The van der Waals surface area contributed by atoms with Crippen LogP contribution < -0.4 is 16.1 Å². The second kappa shape index (κ2) is 9.37. The van der Waals surface area contributed by atoms with Crippen molar-refractivity contribution in [2.75, 3.05) is 5.32 Å². The number of rotatable bonds is 7. The Balaban J connectivity index is 1.65. The highest BCUT2D eigenvalue weighted by molar-refractivity contribution is 6.62. The number of benzene rings is 2. The summed E-state index contributed by atoms with van der Waals surface area (Å²) in [7, 11) is -0.500. The van der Waals surface area contributed by atoms with Crippen molar-refractivity contribution in [1.29, 1.82) is 0 Å². The minimum absolute atomic E-state index is 0.120. The van der Waals surface area contributed by atoms with Gasteiger partial charge in [-0.25, -0.2) is 4.79 Å². The predicted molar refractivity (Wildman–Crippen MR) is 125 cm³/mol. The zero-order chi connectivity index (χ0) is 24.4. The average Bonchev–Trinajstić information content (AvgIpc) is 2.95. The Kier molecular flexibility index (Phi) is 6.95. The highest BCUT2D eigenvalue weighted by Crippen LogP contribution is 2.36. The van der Waals surface area contributed by atoms with Crippen LogP contribution in [-0.4, -0.2) is 47.3 Å². The molecule has 0 bridgehead atoms. The molecule has 1 saturated heterocycles.